The maximum absolute atomic E-state index is 12.7. The summed E-state index contributed by atoms with van der Waals surface area (Å²) in [6, 6.07) is 7.45. The molecule has 1 atom stereocenters. The van der Waals surface area contributed by atoms with Crippen molar-refractivity contribution in [3.8, 4) is 0 Å². The molecule has 5 heteroatoms. The fourth-order valence-corrected chi connectivity index (χ4v) is 2.57. The van der Waals surface area contributed by atoms with Crippen molar-refractivity contribution >= 4 is 11.6 Å². The first-order valence-electron chi connectivity index (χ1n) is 6.97. The molecule has 0 radical (unpaired) electrons. The van der Waals surface area contributed by atoms with Crippen LogP contribution in [0, 0.1) is 13.8 Å². The highest BCUT2D eigenvalue weighted by Crippen LogP contribution is 2.14. The molecule has 1 unspecified atom stereocenters. The van der Waals surface area contributed by atoms with Gasteiger partial charge in [-0.2, -0.15) is 0 Å². The minimum absolute atomic E-state index is 0.00657. The van der Waals surface area contributed by atoms with Gasteiger partial charge in [0.25, 0.3) is 5.56 Å². The Balaban J connectivity index is 2.48. The van der Waals surface area contributed by atoms with Crippen molar-refractivity contribution in [1.82, 2.24) is 9.55 Å². The molecule has 0 bridgehead atoms. The third kappa shape index (κ3) is 3.34. The number of hydrogen-bond donors (Lipinski definition) is 1. The summed E-state index contributed by atoms with van der Waals surface area (Å²) in [7, 11) is 0. The number of benzene rings is 1. The van der Waals surface area contributed by atoms with E-state index in [1.807, 2.05) is 45.0 Å². The van der Waals surface area contributed by atoms with Crippen LogP contribution in [0.25, 0.3) is 0 Å². The van der Waals surface area contributed by atoms with Crippen LogP contribution >= 0.6 is 11.6 Å². The summed E-state index contributed by atoms with van der Waals surface area (Å²) < 4.78 is 1.68. The van der Waals surface area contributed by atoms with Crippen LogP contribution in [0.5, 0.6) is 0 Å². The molecular formula is C16H20ClN3O. The van der Waals surface area contributed by atoms with Crippen LogP contribution in [0.4, 0.5) is 0 Å². The molecule has 1 aromatic heterocycles. The zero-order valence-electron chi connectivity index (χ0n) is 12.6. The van der Waals surface area contributed by atoms with Crippen LogP contribution in [0.2, 0.25) is 5.02 Å². The number of hydrogen-bond acceptors (Lipinski definition) is 3. The summed E-state index contributed by atoms with van der Waals surface area (Å²) >= 11 is 5.89. The first kappa shape index (κ1) is 15.7. The normalized spacial score (nSPS) is 12.4. The Labute approximate surface area is 129 Å². The maximum Gasteiger partial charge on any atom is 0.257 e. The molecule has 21 heavy (non-hydrogen) atoms. The lowest BCUT2D eigenvalue weighted by Gasteiger charge is -2.18. The molecule has 2 N–H and O–H groups in total. The van der Waals surface area contributed by atoms with Crippen LogP contribution in [0.1, 0.15) is 35.6 Å². The Bertz CT molecular complexity index is 692. The van der Waals surface area contributed by atoms with Gasteiger partial charge in [0, 0.05) is 35.3 Å². The highest BCUT2D eigenvalue weighted by molar-refractivity contribution is 6.30. The molecule has 2 aromatic rings. The number of nitrogens with two attached hydrogens (primary N) is 1. The molecule has 0 fully saturated rings. The maximum atomic E-state index is 12.7. The first-order valence-corrected chi connectivity index (χ1v) is 7.35. The fraction of sp³-hybridized carbons (Fsp3) is 0.375. The molecule has 0 amide bonds. The van der Waals surface area contributed by atoms with Crippen molar-refractivity contribution in [2.45, 2.75) is 33.2 Å². The quantitative estimate of drug-likeness (QED) is 0.944. The topological polar surface area (TPSA) is 60.9 Å². The van der Waals surface area contributed by atoms with Gasteiger partial charge in [-0.3, -0.25) is 9.36 Å². The second-order valence-corrected chi connectivity index (χ2v) is 5.72. The van der Waals surface area contributed by atoms with Crippen LogP contribution < -0.4 is 11.3 Å². The first-order chi connectivity index (χ1) is 9.93. The van der Waals surface area contributed by atoms with E-state index in [2.05, 4.69) is 4.98 Å². The molecule has 0 aliphatic rings. The van der Waals surface area contributed by atoms with E-state index in [1.165, 1.54) is 0 Å². The predicted octanol–water partition coefficient (Wildman–Crippen LogP) is 2.62. The van der Waals surface area contributed by atoms with E-state index in [9.17, 15) is 4.79 Å². The minimum Gasteiger partial charge on any atom is -0.328 e. The fourth-order valence-electron chi connectivity index (χ4n) is 2.45. The van der Waals surface area contributed by atoms with Gasteiger partial charge in [-0.05, 0) is 38.5 Å². The summed E-state index contributed by atoms with van der Waals surface area (Å²) in [5.74, 6) is 0.704. The third-order valence-corrected chi connectivity index (χ3v) is 3.92. The molecule has 0 saturated carbocycles. The second-order valence-electron chi connectivity index (χ2n) is 5.29. The zero-order valence-corrected chi connectivity index (χ0v) is 13.3. The van der Waals surface area contributed by atoms with Gasteiger partial charge in [-0.15, -0.1) is 0 Å². The summed E-state index contributed by atoms with van der Waals surface area (Å²) in [4.78, 5) is 17.2. The Morgan fingerprint density at radius 3 is 2.48 bits per heavy atom. The smallest absolute Gasteiger partial charge is 0.257 e. The Hall–Kier alpha value is -1.65. The van der Waals surface area contributed by atoms with E-state index in [1.54, 1.807) is 4.57 Å². The highest BCUT2D eigenvalue weighted by atomic mass is 35.5. The second kappa shape index (κ2) is 6.41. The van der Waals surface area contributed by atoms with Crippen molar-refractivity contribution < 1.29 is 0 Å². The largest absolute Gasteiger partial charge is 0.328 e. The van der Waals surface area contributed by atoms with Gasteiger partial charge in [0.2, 0.25) is 0 Å². The number of aromatic nitrogens is 2. The number of nitrogens with zero attached hydrogens (tertiary/aromatic N) is 2. The van der Waals surface area contributed by atoms with Gasteiger partial charge in [0.05, 0.1) is 0 Å². The predicted molar refractivity (Wildman–Crippen MR) is 86.0 cm³/mol. The van der Waals surface area contributed by atoms with E-state index >= 15 is 0 Å². The van der Waals surface area contributed by atoms with Crippen LogP contribution in [-0.2, 0) is 6.42 Å². The van der Waals surface area contributed by atoms with Crippen molar-refractivity contribution in [3.63, 3.8) is 0 Å². The molecule has 0 aliphatic heterocycles. The molecule has 1 heterocycles. The van der Waals surface area contributed by atoms with Crippen LogP contribution in [-0.4, -0.2) is 16.1 Å². The van der Waals surface area contributed by atoms with Crippen molar-refractivity contribution in [2.24, 2.45) is 5.73 Å². The van der Waals surface area contributed by atoms with Crippen molar-refractivity contribution in [1.29, 1.82) is 0 Å². The van der Waals surface area contributed by atoms with Gasteiger partial charge >= 0.3 is 0 Å². The number of aryl methyl sites for hydroxylation is 2. The van der Waals surface area contributed by atoms with Gasteiger partial charge in [-0.25, -0.2) is 4.98 Å². The summed E-state index contributed by atoms with van der Waals surface area (Å²) in [6.45, 7) is 6.05. The molecule has 0 aliphatic carbocycles. The molecule has 112 valence electrons. The van der Waals surface area contributed by atoms with Gasteiger partial charge in [0.15, 0.2) is 0 Å². The van der Waals surface area contributed by atoms with Gasteiger partial charge < -0.3 is 5.73 Å². The number of rotatable bonds is 4. The van der Waals surface area contributed by atoms with E-state index in [0.717, 1.165) is 11.3 Å². The lowest BCUT2D eigenvalue weighted by atomic mass is 10.0. The Kier molecular flexibility index (Phi) is 4.80. The molecule has 0 spiro atoms. The molecule has 1 aromatic carbocycles. The van der Waals surface area contributed by atoms with Crippen molar-refractivity contribution in [3.05, 3.63) is 62.3 Å². The average Bonchev–Trinajstić information content (AvgIpc) is 2.45. The monoisotopic (exact) mass is 305 g/mol. The van der Waals surface area contributed by atoms with Crippen LogP contribution in [0.15, 0.2) is 29.1 Å². The van der Waals surface area contributed by atoms with E-state index in [-0.39, 0.29) is 11.6 Å². The summed E-state index contributed by atoms with van der Waals surface area (Å²) in [6.07, 6.45) is 0.548. The molecule has 4 nitrogen and oxygen atoms in total. The molecular weight excluding hydrogens is 286 g/mol. The Morgan fingerprint density at radius 1 is 1.29 bits per heavy atom. The lowest BCUT2D eigenvalue weighted by Crippen LogP contribution is -2.33. The SMILES string of the molecule is Cc1nc(C)n(C(C)CN)c(=O)c1Cc1ccc(Cl)cc1. The highest BCUT2D eigenvalue weighted by Gasteiger charge is 2.15. The summed E-state index contributed by atoms with van der Waals surface area (Å²) in [5, 5.41) is 0.687. The standard InChI is InChI=1S/C16H20ClN3O/c1-10(9-18)20-12(3)19-11(2)15(16(20)21)8-13-4-6-14(17)7-5-13/h4-7,10H,8-9,18H2,1-3H3. The van der Waals surface area contributed by atoms with Crippen LogP contribution in [0.3, 0.4) is 0 Å². The van der Waals surface area contributed by atoms with Gasteiger partial charge in [0.1, 0.15) is 5.82 Å². The van der Waals surface area contributed by atoms with E-state index in [4.69, 9.17) is 17.3 Å². The lowest BCUT2D eigenvalue weighted by molar-refractivity contribution is 0.510. The minimum atomic E-state index is -0.0606. The molecule has 0 saturated heterocycles. The number of halogens is 1. The van der Waals surface area contributed by atoms with E-state index < -0.39 is 0 Å². The van der Waals surface area contributed by atoms with Gasteiger partial charge in [-0.1, -0.05) is 23.7 Å². The van der Waals surface area contributed by atoms with E-state index in [0.29, 0.717) is 29.4 Å². The van der Waals surface area contributed by atoms with Crippen molar-refractivity contribution in [2.75, 3.05) is 6.54 Å². The average molecular weight is 306 g/mol. The molecule has 2 rings (SSSR count). The third-order valence-electron chi connectivity index (χ3n) is 3.67. The zero-order chi connectivity index (χ0) is 15.6. The summed E-state index contributed by atoms with van der Waals surface area (Å²) in [5.41, 5.74) is 8.21. The Morgan fingerprint density at radius 2 is 1.90 bits per heavy atom.